The number of carbonyl (C=O) groups is 3. The number of amides is 3. The Labute approximate surface area is 111 Å². The van der Waals surface area contributed by atoms with Crippen molar-refractivity contribution in [2.75, 3.05) is 13.1 Å². The lowest BCUT2D eigenvalue weighted by molar-refractivity contribution is -0.141. The summed E-state index contributed by atoms with van der Waals surface area (Å²) >= 11 is 0. The standard InChI is InChI=1S/C12H21N3O4/c13-9(16)3-1-6-14-11(19)15-8-12(4-2-5-12)7-10(17)18/h1-8H2,(H2,13,16)(H,17,18)(H2,14,15,19). The van der Waals surface area contributed by atoms with E-state index < -0.39 is 11.9 Å². The third kappa shape index (κ3) is 5.58. The van der Waals surface area contributed by atoms with Gasteiger partial charge in [-0.05, 0) is 24.7 Å². The second kappa shape index (κ2) is 6.96. The fourth-order valence-corrected chi connectivity index (χ4v) is 2.21. The second-order valence-corrected chi connectivity index (χ2v) is 5.10. The smallest absolute Gasteiger partial charge is 0.314 e. The molecule has 0 saturated heterocycles. The van der Waals surface area contributed by atoms with Gasteiger partial charge in [-0.1, -0.05) is 6.42 Å². The molecule has 5 N–H and O–H groups in total. The van der Waals surface area contributed by atoms with Crippen molar-refractivity contribution in [3.63, 3.8) is 0 Å². The lowest BCUT2D eigenvalue weighted by Crippen LogP contribution is -2.46. The van der Waals surface area contributed by atoms with Gasteiger partial charge in [0.2, 0.25) is 5.91 Å². The first-order chi connectivity index (χ1) is 8.93. The number of primary amides is 1. The largest absolute Gasteiger partial charge is 0.481 e. The summed E-state index contributed by atoms with van der Waals surface area (Å²) < 4.78 is 0. The SMILES string of the molecule is NC(=O)CCCNC(=O)NCC1(CC(=O)O)CCC1. The highest BCUT2D eigenvalue weighted by Crippen LogP contribution is 2.43. The first-order valence-corrected chi connectivity index (χ1v) is 6.45. The molecule has 0 unspecified atom stereocenters. The van der Waals surface area contributed by atoms with Crippen LogP contribution in [0.5, 0.6) is 0 Å². The van der Waals surface area contributed by atoms with Gasteiger partial charge in [-0.2, -0.15) is 0 Å². The molecule has 0 aliphatic heterocycles. The molecule has 1 fully saturated rings. The van der Waals surface area contributed by atoms with Gasteiger partial charge < -0.3 is 21.5 Å². The molecule has 0 aromatic rings. The lowest BCUT2D eigenvalue weighted by Gasteiger charge is -2.40. The fourth-order valence-electron chi connectivity index (χ4n) is 2.21. The first kappa shape index (κ1) is 15.3. The average molecular weight is 271 g/mol. The Morgan fingerprint density at radius 3 is 2.37 bits per heavy atom. The maximum Gasteiger partial charge on any atom is 0.314 e. The van der Waals surface area contributed by atoms with Crippen LogP contribution in [0, 0.1) is 5.41 Å². The van der Waals surface area contributed by atoms with Crippen molar-refractivity contribution in [1.29, 1.82) is 0 Å². The molecule has 7 nitrogen and oxygen atoms in total. The van der Waals surface area contributed by atoms with E-state index in [9.17, 15) is 14.4 Å². The number of aliphatic carboxylic acids is 1. The van der Waals surface area contributed by atoms with E-state index in [1.54, 1.807) is 0 Å². The molecule has 0 spiro atoms. The van der Waals surface area contributed by atoms with E-state index in [2.05, 4.69) is 10.6 Å². The normalized spacial score (nSPS) is 16.2. The van der Waals surface area contributed by atoms with Crippen LogP contribution in [0.4, 0.5) is 4.79 Å². The Morgan fingerprint density at radius 1 is 1.21 bits per heavy atom. The number of carboxylic acid groups (broad SMARTS) is 1. The highest BCUT2D eigenvalue weighted by Gasteiger charge is 2.39. The maximum absolute atomic E-state index is 11.5. The summed E-state index contributed by atoms with van der Waals surface area (Å²) in [5, 5.41) is 14.1. The summed E-state index contributed by atoms with van der Waals surface area (Å²) in [5.74, 6) is -1.22. The van der Waals surface area contributed by atoms with Crippen LogP contribution >= 0.6 is 0 Å². The molecule has 108 valence electrons. The van der Waals surface area contributed by atoms with Crippen LogP contribution < -0.4 is 16.4 Å². The quantitative estimate of drug-likeness (QED) is 0.471. The summed E-state index contributed by atoms with van der Waals surface area (Å²) in [4.78, 5) is 32.7. The third-order valence-corrected chi connectivity index (χ3v) is 3.45. The summed E-state index contributed by atoms with van der Waals surface area (Å²) in [5.41, 5.74) is 4.69. The van der Waals surface area contributed by atoms with Gasteiger partial charge in [-0.25, -0.2) is 4.79 Å². The van der Waals surface area contributed by atoms with Crippen LogP contribution in [0.15, 0.2) is 0 Å². The number of hydrogen-bond donors (Lipinski definition) is 4. The zero-order valence-corrected chi connectivity index (χ0v) is 10.9. The Morgan fingerprint density at radius 2 is 1.89 bits per heavy atom. The molecule has 1 rings (SSSR count). The van der Waals surface area contributed by atoms with E-state index in [-0.39, 0.29) is 24.3 Å². The summed E-state index contributed by atoms with van der Waals surface area (Å²) in [6.07, 6.45) is 3.51. The van der Waals surface area contributed by atoms with Crippen molar-refractivity contribution in [1.82, 2.24) is 10.6 Å². The van der Waals surface area contributed by atoms with Gasteiger partial charge >= 0.3 is 12.0 Å². The number of rotatable bonds is 8. The van der Waals surface area contributed by atoms with Gasteiger partial charge in [-0.15, -0.1) is 0 Å². The Bertz CT molecular complexity index is 353. The van der Waals surface area contributed by atoms with Crippen molar-refractivity contribution in [3.05, 3.63) is 0 Å². The number of nitrogens with two attached hydrogens (primary N) is 1. The molecule has 19 heavy (non-hydrogen) atoms. The fraction of sp³-hybridized carbons (Fsp3) is 0.750. The van der Waals surface area contributed by atoms with Crippen molar-refractivity contribution >= 4 is 17.9 Å². The van der Waals surface area contributed by atoms with Crippen molar-refractivity contribution in [3.8, 4) is 0 Å². The molecule has 7 heteroatoms. The predicted molar refractivity (Wildman–Crippen MR) is 68.4 cm³/mol. The highest BCUT2D eigenvalue weighted by molar-refractivity contribution is 5.75. The Balaban J connectivity index is 2.18. The minimum Gasteiger partial charge on any atom is -0.481 e. The average Bonchev–Trinajstić information content (AvgIpc) is 2.27. The summed E-state index contributed by atoms with van der Waals surface area (Å²) in [7, 11) is 0. The minimum absolute atomic E-state index is 0.0922. The molecule has 0 radical (unpaired) electrons. The first-order valence-electron chi connectivity index (χ1n) is 6.45. The van der Waals surface area contributed by atoms with E-state index in [0.717, 1.165) is 19.3 Å². The molecule has 0 heterocycles. The molecule has 3 amide bonds. The van der Waals surface area contributed by atoms with E-state index in [4.69, 9.17) is 10.8 Å². The molecular formula is C12H21N3O4. The van der Waals surface area contributed by atoms with Crippen LogP contribution in [0.25, 0.3) is 0 Å². The number of urea groups is 1. The molecule has 1 saturated carbocycles. The molecule has 0 bridgehead atoms. The van der Waals surface area contributed by atoms with Gasteiger partial charge in [0.15, 0.2) is 0 Å². The zero-order valence-electron chi connectivity index (χ0n) is 10.9. The molecule has 0 aromatic carbocycles. The molecule has 1 aliphatic carbocycles. The minimum atomic E-state index is -0.830. The van der Waals surface area contributed by atoms with Gasteiger partial charge in [-0.3, -0.25) is 9.59 Å². The van der Waals surface area contributed by atoms with E-state index in [1.165, 1.54) is 0 Å². The molecule has 0 atom stereocenters. The van der Waals surface area contributed by atoms with Gasteiger partial charge in [0, 0.05) is 19.5 Å². The van der Waals surface area contributed by atoms with Crippen LogP contribution in [-0.4, -0.2) is 36.1 Å². The van der Waals surface area contributed by atoms with Gasteiger partial charge in [0.05, 0.1) is 6.42 Å². The summed E-state index contributed by atoms with van der Waals surface area (Å²) in [6, 6.07) is -0.332. The highest BCUT2D eigenvalue weighted by atomic mass is 16.4. The topological polar surface area (TPSA) is 122 Å². The van der Waals surface area contributed by atoms with E-state index >= 15 is 0 Å². The number of carbonyl (C=O) groups excluding carboxylic acids is 2. The number of carboxylic acids is 1. The Hall–Kier alpha value is -1.79. The third-order valence-electron chi connectivity index (χ3n) is 3.45. The van der Waals surface area contributed by atoms with Crippen LogP contribution in [-0.2, 0) is 9.59 Å². The van der Waals surface area contributed by atoms with Crippen molar-refractivity contribution in [2.45, 2.75) is 38.5 Å². The molecule has 0 aromatic heterocycles. The predicted octanol–water partition coefficient (Wildman–Crippen LogP) is 0.196. The zero-order chi connectivity index (χ0) is 14.3. The second-order valence-electron chi connectivity index (χ2n) is 5.10. The van der Waals surface area contributed by atoms with Crippen LogP contribution in [0.2, 0.25) is 0 Å². The molecular weight excluding hydrogens is 250 g/mol. The number of hydrogen-bond acceptors (Lipinski definition) is 3. The Kier molecular flexibility index (Phi) is 5.59. The van der Waals surface area contributed by atoms with Crippen LogP contribution in [0.1, 0.15) is 38.5 Å². The lowest BCUT2D eigenvalue weighted by atomic mass is 9.66. The van der Waals surface area contributed by atoms with E-state index in [1.807, 2.05) is 0 Å². The number of nitrogens with one attached hydrogen (secondary N) is 2. The van der Waals surface area contributed by atoms with E-state index in [0.29, 0.717) is 19.5 Å². The molecule has 1 aliphatic rings. The van der Waals surface area contributed by atoms with Gasteiger partial charge in [0.1, 0.15) is 0 Å². The van der Waals surface area contributed by atoms with Crippen LogP contribution in [0.3, 0.4) is 0 Å². The monoisotopic (exact) mass is 271 g/mol. The maximum atomic E-state index is 11.5. The summed E-state index contributed by atoms with van der Waals surface area (Å²) in [6.45, 7) is 0.752. The van der Waals surface area contributed by atoms with Crippen molar-refractivity contribution < 1.29 is 19.5 Å². The van der Waals surface area contributed by atoms with Gasteiger partial charge in [0.25, 0.3) is 0 Å². The van der Waals surface area contributed by atoms with Crippen molar-refractivity contribution in [2.24, 2.45) is 11.1 Å².